The summed E-state index contributed by atoms with van der Waals surface area (Å²) in [4.78, 5) is 38.8. The molecule has 2 heterocycles. The van der Waals surface area contributed by atoms with Gasteiger partial charge in [0.15, 0.2) is 0 Å². The molecule has 27 heavy (non-hydrogen) atoms. The Hall–Kier alpha value is -2.37. The molecule has 1 saturated carbocycles. The minimum atomic E-state index is -0.166. The fourth-order valence-electron chi connectivity index (χ4n) is 4.87. The van der Waals surface area contributed by atoms with E-state index in [1.165, 1.54) is 24.3 Å². The summed E-state index contributed by atoms with van der Waals surface area (Å²) >= 11 is 0. The van der Waals surface area contributed by atoms with E-state index in [-0.39, 0.29) is 30.6 Å². The van der Waals surface area contributed by atoms with Crippen LogP contribution in [-0.2, 0) is 9.59 Å². The van der Waals surface area contributed by atoms with Gasteiger partial charge in [-0.2, -0.15) is 0 Å². The third-order valence-corrected chi connectivity index (χ3v) is 6.42. The molecule has 6 heteroatoms. The van der Waals surface area contributed by atoms with Crippen molar-refractivity contribution >= 4 is 23.4 Å². The number of fused-ring (bicyclic) bond motifs is 1. The number of hydrogen-bond donors (Lipinski definition) is 1. The summed E-state index contributed by atoms with van der Waals surface area (Å²) in [5, 5.41) is 1.28. The molecule has 1 aromatic carbocycles. The minimum absolute atomic E-state index is 0.0827. The van der Waals surface area contributed by atoms with E-state index in [0.717, 1.165) is 19.4 Å². The smallest absolute Gasteiger partial charge is 0.254 e. The fourth-order valence-corrected chi connectivity index (χ4v) is 4.87. The van der Waals surface area contributed by atoms with Gasteiger partial charge in [0.05, 0.1) is 5.69 Å². The van der Waals surface area contributed by atoms with Crippen molar-refractivity contribution < 1.29 is 14.4 Å². The first-order valence-electron chi connectivity index (χ1n) is 10.1. The highest BCUT2D eigenvalue weighted by molar-refractivity contribution is 6.01. The molecule has 144 valence electrons. The summed E-state index contributed by atoms with van der Waals surface area (Å²) in [7, 11) is 0. The van der Waals surface area contributed by atoms with Crippen molar-refractivity contribution in [3.63, 3.8) is 0 Å². The van der Waals surface area contributed by atoms with Gasteiger partial charge in [-0.25, -0.2) is 5.01 Å². The number of piperidine rings is 1. The average molecular weight is 369 g/mol. The zero-order chi connectivity index (χ0) is 19.0. The number of nitrogens with one attached hydrogen (secondary N) is 1. The molecule has 3 fully saturated rings. The van der Waals surface area contributed by atoms with Crippen LogP contribution in [0, 0.1) is 11.8 Å². The van der Waals surface area contributed by atoms with E-state index >= 15 is 0 Å². The van der Waals surface area contributed by atoms with Crippen molar-refractivity contribution in [3.8, 4) is 0 Å². The van der Waals surface area contributed by atoms with Gasteiger partial charge in [0.25, 0.3) is 5.91 Å². The first-order chi connectivity index (χ1) is 13.0. The van der Waals surface area contributed by atoms with E-state index in [1.807, 2.05) is 0 Å². The van der Waals surface area contributed by atoms with Crippen LogP contribution >= 0.6 is 0 Å². The summed E-state index contributed by atoms with van der Waals surface area (Å²) in [5.41, 5.74) is 3.82. The Morgan fingerprint density at radius 2 is 1.78 bits per heavy atom. The van der Waals surface area contributed by atoms with Gasteiger partial charge in [0.2, 0.25) is 11.8 Å². The third kappa shape index (κ3) is 3.45. The molecule has 4 rings (SSSR count). The number of benzene rings is 1. The number of amides is 3. The van der Waals surface area contributed by atoms with E-state index in [4.69, 9.17) is 0 Å². The van der Waals surface area contributed by atoms with Crippen LogP contribution in [0.2, 0.25) is 0 Å². The molecule has 3 unspecified atom stereocenters. The molecule has 6 nitrogen and oxygen atoms in total. The van der Waals surface area contributed by atoms with Crippen molar-refractivity contribution in [3.05, 3.63) is 29.8 Å². The second kappa shape index (κ2) is 7.33. The zero-order valence-corrected chi connectivity index (χ0v) is 15.8. The van der Waals surface area contributed by atoms with Crippen LogP contribution in [-0.4, -0.2) is 35.2 Å². The maximum atomic E-state index is 13.1. The lowest BCUT2D eigenvalue weighted by molar-refractivity contribution is -0.130. The van der Waals surface area contributed by atoms with Gasteiger partial charge in [-0.3, -0.25) is 19.8 Å². The number of hydrogen-bond acceptors (Lipinski definition) is 3. The SMILES string of the molecule is CC1CCN(C(=O)c2ccc(N3NC(=O)CCC3=O)cc2)C2CCCCC12. The number of likely N-dealkylation sites (tertiary alicyclic amines) is 1. The normalized spacial score (nSPS) is 28.6. The van der Waals surface area contributed by atoms with E-state index in [1.54, 1.807) is 24.3 Å². The van der Waals surface area contributed by atoms with E-state index in [0.29, 0.717) is 29.1 Å². The van der Waals surface area contributed by atoms with Crippen molar-refractivity contribution in [1.29, 1.82) is 0 Å². The molecule has 0 radical (unpaired) electrons. The first-order valence-corrected chi connectivity index (χ1v) is 10.1. The molecular formula is C21H27N3O3. The third-order valence-electron chi connectivity index (χ3n) is 6.42. The summed E-state index contributed by atoms with van der Waals surface area (Å²) in [5.74, 6) is 1.09. The van der Waals surface area contributed by atoms with E-state index in [9.17, 15) is 14.4 Å². The van der Waals surface area contributed by atoms with Crippen LogP contribution < -0.4 is 10.4 Å². The minimum Gasteiger partial charge on any atom is -0.335 e. The number of hydrazine groups is 1. The van der Waals surface area contributed by atoms with Crippen LogP contribution in [0.4, 0.5) is 5.69 Å². The standard InChI is InChI=1S/C21H27N3O3/c1-14-12-13-23(18-5-3-2-4-17(14)18)21(27)15-6-8-16(9-7-15)24-20(26)11-10-19(25)22-24/h6-9,14,17-18H,2-5,10-13H2,1H3,(H,22,25). The number of rotatable bonds is 2. The Morgan fingerprint density at radius 3 is 2.56 bits per heavy atom. The van der Waals surface area contributed by atoms with Crippen molar-refractivity contribution in [2.75, 3.05) is 11.6 Å². The van der Waals surface area contributed by atoms with Crippen molar-refractivity contribution in [2.24, 2.45) is 11.8 Å². The van der Waals surface area contributed by atoms with Gasteiger partial charge < -0.3 is 4.90 Å². The molecule has 1 N–H and O–H groups in total. The van der Waals surface area contributed by atoms with Gasteiger partial charge in [-0.15, -0.1) is 0 Å². The lowest BCUT2D eigenvalue weighted by Crippen LogP contribution is -2.52. The molecule has 2 aliphatic heterocycles. The summed E-state index contributed by atoms with van der Waals surface area (Å²) in [6.45, 7) is 3.15. The lowest BCUT2D eigenvalue weighted by atomic mass is 9.72. The quantitative estimate of drug-likeness (QED) is 0.871. The van der Waals surface area contributed by atoms with Crippen LogP contribution in [0.1, 0.15) is 62.2 Å². The Bertz CT molecular complexity index is 746. The van der Waals surface area contributed by atoms with Crippen LogP contribution in [0.25, 0.3) is 0 Å². The molecule has 1 aliphatic carbocycles. The zero-order valence-electron chi connectivity index (χ0n) is 15.8. The Balaban J connectivity index is 1.50. The Kier molecular flexibility index (Phi) is 4.89. The van der Waals surface area contributed by atoms with Gasteiger partial charge in [-0.1, -0.05) is 19.8 Å². The summed E-state index contributed by atoms with van der Waals surface area (Å²) in [6, 6.07) is 7.37. The number of carbonyl (C=O) groups excluding carboxylic acids is 3. The lowest BCUT2D eigenvalue weighted by Gasteiger charge is -2.47. The van der Waals surface area contributed by atoms with Crippen molar-refractivity contribution in [2.45, 2.75) is 57.9 Å². The molecule has 3 atom stereocenters. The van der Waals surface area contributed by atoms with Gasteiger partial charge >= 0.3 is 0 Å². The molecule has 3 aliphatic rings. The van der Waals surface area contributed by atoms with Gasteiger partial charge in [0, 0.05) is 31.0 Å². The highest BCUT2D eigenvalue weighted by Gasteiger charge is 2.39. The van der Waals surface area contributed by atoms with Crippen LogP contribution in [0.5, 0.6) is 0 Å². The summed E-state index contributed by atoms with van der Waals surface area (Å²) < 4.78 is 0. The maximum Gasteiger partial charge on any atom is 0.254 e. The summed E-state index contributed by atoms with van der Waals surface area (Å²) in [6.07, 6.45) is 6.31. The average Bonchev–Trinajstić information content (AvgIpc) is 2.70. The van der Waals surface area contributed by atoms with E-state index < -0.39 is 0 Å². The molecule has 1 aromatic rings. The molecule has 2 saturated heterocycles. The predicted molar refractivity (Wildman–Crippen MR) is 102 cm³/mol. The fraction of sp³-hybridized carbons (Fsp3) is 0.571. The Labute approximate surface area is 159 Å². The van der Waals surface area contributed by atoms with Gasteiger partial charge in [-0.05, 0) is 55.4 Å². The molecular weight excluding hydrogens is 342 g/mol. The molecule has 3 amide bonds. The molecule has 0 bridgehead atoms. The second-order valence-corrected chi connectivity index (χ2v) is 8.09. The Morgan fingerprint density at radius 1 is 1.04 bits per heavy atom. The number of anilines is 1. The first kappa shape index (κ1) is 18.0. The highest BCUT2D eigenvalue weighted by Crippen LogP contribution is 2.39. The number of nitrogens with zero attached hydrogens (tertiary/aromatic N) is 2. The monoisotopic (exact) mass is 369 g/mol. The van der Waals surface area contributed by atoms with Crippen LogP contribution in [0.15, 0.2) is 24.3 Å². The molecule has 0 spiro atoms. The second-order valence-electron chi connectivity index (χ2n) is 8.09. The van der Waals surface area contributed by atoms with Crippen LogP contribution in [0.3, 0.4) is 0 Å². The van der Waals surface area contributed by atoms with E-state index in [2.05, 4.69) is 17.2 Å². The highest BCUT2D eigenvalue weighted by atomic mass is 16.2. The molecule has 0 aromatic heterocycles. The largest absolute Gasteiger partial charge is 0.335 e. The topological polar surface area (TPSA) is 69.7 Å². The van der Waals surface area contributed by atoms with Gasteiger partial charge in [0.1, 0.15) is 0 Å². The maximum absolute atomic E-state index is 13.1. The number of carbonyl (C=O) groups is 3. The van der Waals surface area contributed by atoms with Crippen molar-refractivity contribution in [1.82, 2.24) is 10.3 Å². The predicted octanol–water partition coefficient (Wildman–Crippen LogP) is 2.89.